The minimum Gasteiger partial charge on any atom is -0.396 e. The lowest BCUT2D eigenvalue weighted by molar-refractivity contribution is 0.0946. The van der Waals surface area contributed by atoms with Gasteiger partial charge in [-0.1, -0.05) is 17.7 Å². The summed E-state index contributed by atoms with van der Waals surface area (Å²) in [5.74, 6) is 0.256. The number of aliphatic hydroxyl groups is 1. The predicted molar refractivity (Wildman–Crippen MR) is 104 cm³/mol. The number of carbonyl (C=O) groups is 1. The van der Waals surface area contributed by atoms with E-state index in [1.165, 1.54) is 0 Å². The van der Waals surface area contributed by atoms with E-state index >= 15 is 0 Å². The van der Waals surface area contributed by atoms with Gasteiger partial charge in [0.1, 0.15) is 11.5 Å². The quantitative estimate of drug-likeness (QED) is 0.542. The summed E-state index contributed by atoms with van der Waals surface area (Å²) in [6.07, 6.45) is 5.27. The molecule has 0 unspecified atom stereocenters. The summed E-state index contributed by atoms with van der Waals surface area (Å²) < 4.78 is 0. The highest BCUT2D eigenvalue weighted by molar-refractivity contribution is 6.30. The fourth-order valence-electron chi connectivity index (χ4n) is 2.36. The van der Waals surface area contributed by atoms with E-state index in [9.17, 15) is 4.79 Å². The SMILES string of the molecule is O=C(NCCCO)c1cc(-c2cncc(Nc3cccc(Cl)c3)n2)ccn1. The van der Waals surface area contributed by atoms with Gasteiger partial charge in [-0.3, -0.25) is 14.8 Å². The normalized spacial score (nSPS) is 10.4. The number of aliphatic hydroxyl groups excluding tert-OH is 1. The van der Waals surface area contributed by atoms with Crippen LogP contribution in [0.1, 0.15) is 16.9 Å². The first-order valence-electron chi connectivity index (χ1n) is 8.36. The highest BCUT2D eigenvalue weighted by atomic mass is 35.5. The predicted octanol–water partition coefficient (Wildman–Crippen LogP) is 3.05. The van der Waals surface area contributed by atoms with Crippen LogP contribution in [0, 0.1) is 0 Å². The van der Waals surface area contributed by atoms with Crippen molar-refractivity contribution in [2.75, 3.05) is 18.5 Å². The molecule has 0 radical (unpaired) electrons. The van der Waals surface area contributed by atoms with Crippen LogP contribution in [0.5, 0.6) is 0 Å². The van der Waals surface area contributed by atoms with Crippen molar-refractivity contribution < 1.29 is 9.90 Å². The number of hydrogen-bond acceptors (Lipinski definition) is 6. The number of nitrogens with zero attached hydrogens (tertiary/aromatic N) is 3. The summed E-state index contributed by atoms with van der Waals surface area (Å²) in [5, 5.41) is 15.3. The van der Waals surface area contributed by atoms with Crippen LogP contribution in [0.3, 0.4) is 0 Å². The van der Waals surface area contributed by atoms with Gasteiger partial charge >= 0.3 is 0 Å². The van der Waals surface area contributed by atoms with Crippen LogP contribution in [-0.2, 0) is 0 Å². The number of halogens is 1. The Morgan fingerprint density at radius 1 is 1.19 bits per heavy atom. The molecule has 0 atom stereocenters. The number of nitrogens with one attached hydrogen (secondary N) is 2. The third-order valence-corrected chi connectivity index (χ3v) is 3.88. The van der Waals surface area contributed by atoms with Gasteiger partial charge in [-0.05, 0) is 36.8 Å². The molecule has 3 aromatic rings. The number of aromatic nitrogens is 3. The van der Waals surface area contributed by atoms with E-state index in [0.717, 1.165) is 11.3 Å². The highest BCUT2D eigenvalue weighted by Crippen LogP contribution is 2.22. The molecule has 0 fully saturated rings. The molecule has 8 heteroatoms. The zero-order valence-corrected chi connectivity index (χ0v) is 15.1. The second kappa shape index (κ2) is 9.07. The van der Waals surface area contributed by atoms with Crippen LogP contribution in [0.25, 0.3) is 11.3 Å². The first-order chi connectivity index (χ1) is 13.2. The van der Waals surface area contributed by atoms with Crippen molar-refractivity contribution in [3.63, 3.8) is 0 Å². The third-order valence-electron chi connectivity index (χ3n) is 3.64. The second-order valence-corrected chi connectivity index (χ2v) is 6.12. The van der Waals surface area contributed by atoms with Crippen LogP contribution in [0.2, 0.25) is 5.02 Å². The van der Waals surface area contributed by atoms with Gasteiger partial charge in [0, 0.05) is 35.6 Å². The number of carbonyl (C=O) groups excluding carboxylic acids is 1. The van der Waals surface area contributed by atoms with Crippen LogP contribution < -0.4 is 10.6 Å². The van der Waals surface area contributed by atoms with E-state index in [-0.39, 0.29) is 18.2 Å². The van der Waals surface area contributed by atoms with E-state index in [1.54, 1.807) is 42.9 Å². The van der Waals surface area contributed by atoms with Crippen molar-refractivity contribution >= 4 is 29.0 Å². The minimum atomic E-state index is -0.300. The Hall–Kier alpha value is -3.03. The lowest BCUT2D eigenvalue weighted by Crippen LogP contribution is -2.25. The van der Waals surface area contributed by atoms with Gasteiger partial charge in [0.25, 0.3) is 5.91 Å². The van der Waals surface area contributed by atoms with E-state index in [0.29, 0.717) is 29.5 Å². The van der Waals surface area contributed by atoms with Gasteiger partial charge in [-0.2, -0.15) is 0 Å². The Kier molecular flexibility index (Phi) is 6.30. The zero-order valence-electron chi connectivity index (χ0n) is 14.4. The summed E-state index contributed by atoms with van der Waals surface area (Å²) in [4.78, 5) is 25.0. The second-order valence-electron chi connectivity index (χ2n) is 5.69. The largest absolute Gasteiger partial charge is 0.396 e. The summed E-state index contributed by atoms with van der Waals surface area (Å²) >= 11 is 6.00. The number of rotatable bonds is 7. The van der Waals surface area contributed by atoms with Crippen LogP contribution in [0.15, 0.2) is 55.0 Å². The molecule has 1 aromatic carbocycles. The van der Waals surface area contributed by atoms with Gasteiger partial charge in [0.2, 0.25) is 0 Å². The average Bonchev–Trinajstić information content (AvgIpc) is 2.68. The average molecular weight is 384 g/mol. The summed E-state index contributed by atoms with van der Waals surface area (Å²) in [6.45, 7) is 0.413. The van der Waals surface area contributed by atoms with Crippen LogP contribution in [0.4, 0.5) is 11.5 Å². The maximum Gasteiger partial charge on any atom is 0.269 e. The Labute approximate surface area is 161 Å². The molecule has 0 aliphatic rings. The molecule has 7 nitrogen and oxygen atoms in total. The standard InChI is InChI=1S/C19H18ClN5O2/c20-14-3-1-4-15(10-14)24-18-12-21-11-17(25-18)13-5-7-22-16(9-13)19(27)23-6-2-8-26/h1,3-5,7,9-12,26H,2,6,8H2,(H,23,27)(H,24,25). The maximum absolute atomic E-state index is 12.1. The molecular weight excluding hydrogens is 366 g/mol. The minimum absolute atomic E-state index is 0.0236. The van der Waals surface area contributed by atoms with E-state index in [1.807, 2.05) is 12.1 Å². The van der Waals surface area contributed by atoms with E-state index in [4.69, 9.17) is 16.7 Å². The lowest BCUT2D eigenvalue weighted by Gasteiger charge is -2.08. The van der Waals surface area contributed by atoms with Crippen molar-refractivity contribution in [2.45, 2.75) is 6.42 Å². The number of amides is 1. The first-order valence-corrected chi connectivity index (χ1v) is 8.73. The van der Waals surface area contributed by atoms with Gasteiger partial charge < -0.3 is 15.7 Å². The van der Waals surface area contributed by atoms with Gasteiger partial charge in [0.05, 0.1) is 18.1 Å². The fourth-order valence-corrected chi connectivity index (χ4v) is 2.56. The molecule has 1 amide bonds. The molecule has 27 heavy (non-hydrogen) atoms. The van der Waals surface area contributed by atoms with Crippen LogP contribution in [-0.4, -0.2) is 39.1 Å². The molecule has 0 bridgehead atoms. The molecule has 0 saturated heterocycles. The van der Waals surface area contributed by atoms with Gasteiger partial charge in [0.15, 0.2) is 0 Å². The van der Waals surface area contributed by atoms with Crippen molar-refractivity contribution in [3.05, 3.63) is 65.7 Å². The molecule has 138 valence electrons. The fraction of sp³-hybridized carbons (Fsp3) is 0.158. The van der Waals surface area contributed by atoms with E-state index < -0.39 is 0 Å². The Balaban J connectivity index is 1.78. The molecule has 2 heterocycles. The summed E-state index contributed by atoms with van der Waals surface area (Å²) in [7, 11) is 0. The van der Waals surface area contributed by atoms with Crippen molar-refractivity contribution in [2.24, 2.45) is 0 Å². The molecular formula is C19H18ClN5O2. The number of benzene rings is 1. The smallest absolute Gasteiger partial charge is 0.269 e. The van der Waals surface area contributed by atoms with Crippen LogP contribution >= 0.6 is 11.6 Å². The van der Waals surface area contributed by atoms with Gasteiger partial charge in [-0.15, -0.1) is 0 Å². The summed E-state index contributed by atoms with van der Waals surface area (Å²) in [6, 6.07) is 10.7. The number of hydrogen-bond donors (Lipinski definition) is 3. The van der Waals surface area contributed by atoms with Gasteiger partial charge in [-0.25, -0.2) is 4.98 Å². The molecule has 0 saturated carbocycles. The molecule has 3 rings (SSSR count). The van der Waals surface area contributed by atoms with Crippen molar-refractivity contribution in [1.82, 2.24) is 20.3 Å². The lowest BCUT2D eigenvalue weighted by atomic mass is 10.1. The van der Waals surface area contributed by atoms with E-state index in [2.05, 4.69) is 25.6 Å². The molecule has 2 aromatic heterocycles. The third kappa shape index (κ3) is 5.22. The maximum atomic E-state index is 12.1. The topological polar surface area (TPSA) is 100 Å². The molecule has 3 N–H and O–H groups in total. The highest BCUT2D eigenvalue weighted by Gasteiger charge is 2.10. The Bertz CT molecular complexity index is 935. The van der Waals surface area contributed by atoms with Crippen molar-refractivity contribution in [1.29, 1.82) is 0 Å². The van der Waals surface area contributed by atoms with Crippen molar-refractivity contribution in [3.8, 4) is 11.3 Å². The summed E-state index contributed by atoms with van der Waals surface area (Å²) in [5.41, 5.74) is 2.40. The Morgan fingerprint density at radius 2 is 2.07 bits per heavy atom. The Morgan fingerprint density at radius 3 is 2.89 bits per heavy atom. The monoisotopic (exact) mass is 383 g/mol. The molecule has 0 aliphatic heterocycles. The molecule has 0 spiro atoms. The number of anilines is 2. The zero-order chi connectivity index (χ0) is 19.1. The molecule has 0 aliphatic carbocycles. The first kappa shape index (κ1) is 18.8. The number of pyridine rings is 1.